The summed E-state index contributed by atoms with van der Waals surface area (Å²) in [5.74, 6) is -1.67. The van der Waals surface area contributed by atoms with Gasteiger partial charge in [-0.1, -0.05) is 12.1 Å². The van der Waals surface area contributed by atoms with Gasteiger partial charge in [-0.3, -0.25) is 4.79 Å². The number of aliphatic hydroxyl groups is 1. The largest absolute Gasteiger partial charge is 0.396 e. The van der Waals surface area contributed by atoms with Crippen LogP contribution in [0.15, 0.2) is 18.2 Å². The maximum Gasteiger partial charge on any atom is 0.230 e. The van der Waals surface area contributed by atoms with Gasteiger partial charge < -0.3 is 14.9 Å². The van der Waals surface area contributed by atoms with Crippen LogP contribution in [-0.2, 0) is 11.3 Å². The average molecular weight is 338 g/mol. The molecule has 1 aromatic rings. The lowest BCUT2D eigenvalue weighted by atomic mass is 9.78. The van der Waals surface area contributed by atoms with Gasteiger partial charge in [0.25, 0.3) is 0 Å². The minimum atomic E-state index is -0.872. The number of rotatable bonds is 5. The summed E-state index contributed by atoms with van der Waals surface area (Å²) in [6.07, 6.45) is 3.25. The van der Waals surface area contributed by atoms with Crippen LogP contribution < -0.4 is 0 Å². The molecule has 0 radical (unpaired) electrons. The molecule has 0 unspecified atom stereocenters. The fourth-order valence-electron chi connectivity index (χ4n) is 4.00. The molecule has 2 aliphatic heterocycles. The van der Waals surface area contributed by atoms with Crippen molar-refractivity contribution < 1.29 is 18.7 Å². The monoisotopic (exact) mass is 338 g/mol. The molecule has 2 heterocycles. The van der Waals surface area contributed by atoms with Crippen LogP contribution in [0.4, 0.5) is 8.78 Å². The molecule has 1 atom stereocenters. The third kappa shape index (κ3) is 3.30. The van der Waals surface area contributed by atoms with Crippen LogP contribution in [0.25, 0.3) is 0 Å². The number of likely N-dealkylation sites (tertiary alicyclic amines) is 2. The number of aliphatic hydroxyl groups excluding tert-OH is 1. The lowest BCUT2D eigenvalue weighted by molar-refractivity contribution is -0.146. The third-order valence-corrected chi connectivity index (χ3v) is 5.28. The van der Waals surface area contributed by atoms with Gasteiger partial charge in [0.05, 0.1) is 5.41 Å². The van der Waals surface area contributed by atoms with E-state index in [-0.39, 0.29) is 24.6 Å². The van der Waals surface area contributed by atoms with Crippen molar-refractivity contribution in [2.24, 2.45) is 5.41 Å². The Morgan fingerprint density at radius 1 is 1.21 bits per heavy atom. The molecule has 1 spiro atoms. The van der Waals surface area contributed by atoms with Gasteiger partial charge in [-0.25, -0.2) is 8.78 Å². The first kappa shape index (κ1) is 17.3. The fraction of sp³-hybridized carbons (Fsp3) is 0.611. The van der Waals surface area contributed by atoms with E-state index >= 15 is 0 Å². The summed E-state index contributed by atoms with van der Waals surface area (Å²) in [6.45, 7) is 3.22. The zero-order valence-corrected chi connectivity index (χ0v) is 13.8. The first-order chi connectivity index (χ1) is 11.6. The van der Waals surface area contributed by atoms with Crippen LogP contribution in [0.3, 0.4) is 0 Å². The first-order valence-corrected chi connectivity index (χ1v) is 8.61. The maximum atomic E-state index is 13.9. The zero-order valence-electron chi connectivity index (χ0n) is 13.8. The second kappa shape index (κ2) is 7.15. The highest BCUT2D eigenvalue weighted by molar-refractivity contribution is 5.84. The lowest BCUT2D eigenvalue weighted by Crippen LogP contribution is -2.49. The van der Waals surface area contributed by atoms with E-state index in [0.29, 0.717) is 19.5 Å². The molecule has 0 aliphatic carbocycles. The Balaban J connectivity index is 1.70. The minimum Gasteiger partial charge on any atom is -0.396 e. The number of benzene rings is 1. The van der Waals surface area contributed by atoms with E-state index in [4.69, 9.17) is 5.11 Å². The van der Waals surface area contributed by atoms with Gasteiger partial charge in [0.2, 0.25) is 5.91 Å². The van der Waals surface area contributed by atoms with E-state index in [9.17, 15) is 13.6 Å². The maximum absolute atomic E-state index is 13.9. The van der Waals surface area contributed by atoms with E-state index in [1.54, 1.807) is 4.90 Å². The Kier molecular flexibility index (Phi) is 5.15. The Morgan fingerprint density at radius 3 is 2.83 bits per heavy atom. The van der Waals surface area contributed by atoms with Gasteiger partial charge in [-0.2, -0.15) is 0 Å². The number of hydrogen-bond donors (Lipinski definition) is 1. The van der Waals surface area contributed by atoms with Crippen LogP contribution in [0, 0.1) is 17.0 Å². The molecular formula is C18H24F2N2O2. The Morgan fingerprint density at radius 2 is 2.04 bits per heavy atom. The van der Waals surface area contributed by atoms with Crippen LogP contribution in [0.1, 0.15) is 31.2 Å². The predicted molar refractivity (Wildman–Crippen MR) is 86.2 cm³/mol. The van der Waals surface area contributed by atoms with Gasteiger partial charge >= 0.3 is 0 Å². The van der Waals surface area contributed by atoms with Crippen molar-refractivity contribution in [2.45, 2.75) is 32.2 Å². The number of nitrogens with zero attached hydrogens (tertiary/aromatic N) is 2. The Hall–Kier alpha value is -1.53. The van der Waals surface area contributed by atoms with Crippen molar-refractivity contribution in [3.8, 4) is 0 Å². The van der Waals surface area contributed by atoms with Crippen LogP contribution in [0.5, 0.6) is 0 Å². The first-order valence-electron chi connectivity index (χ1n) is 8.61. The molecule has 2 aliphatic rings. The van der Waals surface area contributed by atoms with Crippen molar-refractivity contribution in [1.29, 1.82) is 0 Å². The summed E-state index contributed by atoms with van der Waals surface area (Å²) in [5, 5.41) is 8.97. The van der Waals surface area contributed by atoms with Gasteiger partial charge in [-0.15, -0.1) is 0 Å². The molecular weight excluding hydrogens is 314 g/mol. The molecule has 1 N–H and O–H groups in total. The number of piperidine rings is 1. The molecule has 132 valence electrons. The standard InChI is InChI=1S/C18H24F2N2O2/c19-15-5-1-4-14(16(15)20)12-22-9-2-6-18(17(22)24)7-10-21(13-18)8-3-11-23/h1,4-5,23H,2-3,6-13H2/t18-/m0/s1. The molecule has 2 fully saturated rings. The number of halogens is 2. The average Bonchev–Trinajstić information content (AvgIpc) is 2.98. The number of amides is 1. The molecule has 1 aromatic carbocycles. The van der Waals surface area contributed by atoms with Crippen LogP contribution in [-0.4, -0.2) is 53.6 Å². The summed E-state index contributed by atoms with van der Waals surface area (Å²) in [6, 6.07) is 4.10. The molecule has 3 rings (SSSR count). The molecule has 0 bridgehead atoms. The van der Waals surface area contributed by atoms with Crippen molar-refractivity contribution >= 4 is 5.91 Å². The van der Waals surface area contributed by atoms with Gasteiger partial charge in [0.15, 0.2) is 11.6 Å². The van der Waals surface area contributed by atoms with E-state index in [1.807, 2.05) is 0 Å². The normalized spacial score (nSPS) is 25.0. The molecule has 24 heavy (non-hydrogen) atoms. The molecule has 0 saturated carbocycles. The number of carbonyl (C=O) groups excluding carboxylic acids is 1. The van der Waals surface area contributed by atoms with Crippen molar-refractivity contribution in [1.82, 2.24) is 9.80 Å². The van der Waals surface area contributed by atoms with E-state index in [2.05, 4.69) is 4.90 Å². The van der Waals surface area contributed by atoms with Crippen molar-refractivity contribution in [2.75, 3.05) is 32.8 Å². The lowest BCUT2D eigenvalue weighted by Gasteiger charge is -2.39. The molecule has 2 saturated heterocycles. The van der Waals surface area contributed by atoms with E-state index in [0.717, 1.165) is 38.4 Å². The van der Waals surface area contributed by atoms with Gasteiger partial charge in [0.1, 0.15) is 0 Å². The topological polar surface area (TPSA) is 43.8 Å². The second-order valence-corrected chi connectivity index (χ2v) is 6.93. The van der Waals surface area contributed by atoms with E-state index in [1.165, 1.54) is 12.1 Å². The second-order valence-electron chi connectivity index (χ2n) is 6.93. The highest BCUT2D eigenvalue weighted by Gasteiger charge is 2.48. The quantitative estimate of drug-likeness (QED) is 0.895. The SMILES string of the molecule is O=C1N(Cc2cccc(F)c2F)CCC[C@@]12CCN(CCCO)C2. The smallest absolute Gasteiger partial charge is 0.230 e. The van der Waals surface area contributed by atoms with E-state index < -0.39 is 17.0 Å². The Bertz CT molecular complexity index is 611. The fourth-order valence-corrected chi connectivity index (χ4v) is 4.00. The summed E-state index contributed by atoms with van der Waals surface area (Å²) in [7, 11) is 0. The van der Waals surface area contributed by atoms with Crippen LogP contribution >= 0.6 is 0 Å². The summed E-state index contributed by atoms with van der Waals surface area (Å²) in [5.41, 5.74) is -0.159. The predicted octanol–water partition coefficient (Wildman–Crippen LogP) is 2.16. The number of carbonyl (C=O) groups is 1. The zero-order chi connectivity index (χ0) is 17.2. The van der Waals surface area contributed by atoms with Crippen molar-refractivity contribution in [3.05, 3.63) is 35.4 Å². The van der Waals surface area contributed by atoms with Crippen molar-refractivity contribution in [3.63, 3.8) is 0 Å². The summed E-state index contributed by atoms with van der Waals surface area (Å²) < 4.78 is 27.3. The van der Waals surface area contributed by atoms with Gasteiger partial charge in [0, 0.05) is 38.3 Å². The summed E-state index contributed by atoms with van der Waals surface area (Å²) in [4.78, 5) is 16.9. The third-order valence-electron chi connectivity index (χ3n) is 5.28. The molecule has 6 heteroatoms. The number of hydrogen-bond acceptors (Lipinski definition) is 3. The Labute approximate surface area is 141 Å². The highest BCUT2D eigenvalue weighted by Crippen LogP contribution is 2.40. The van der Waals surface area contributed by atoms with Crippen LogP contribution in [0.2, 0.25) is 0 Å². The molecule has 1 amide bonds. The molecule has 4 nitrogen and oxygen atoms in total. The van der Waals surface area contributed by atoms with Gasteiger partial charge in [-0.05, 0) is 38.3 Å². The highest BCUT2D eigenvalue weighted by atomic mass is 19.2. The summed E-state index contributed by atoms with van der Waals surface area (Å²) >= 11 is 0. The molecule has 0 aromatic heterocycles. The minimum absolute atomic E-state index is 0.0592.